The summed E-state index contributed by atoms with van der Waals surface area (Å²) in [5.74, 6) is 1.82. The summed E-state index contributed by atoms with van der Waals surface area (Å²) < 4.78 is 2.13. The monoisotopic (exact) mass is 240 g/mol. The number of imidazole rings is 1. The van der Waals surface area contributed by atoms with E-state index in [1.54, 1.807) is 11.8 Å². The molecule has 0 spiro atoms. The third kappa shape index (κ3) is 1.41. The smallest absolute Gasteiger partial charge is 0.170 e. The lowest BCUT2D eigenvalue weighted by molar-refractivity contribution is 0.619. The minimum Gasteiger partial charge on any atom is -0.303 e. The molecule has 0 fully saturated rings. The number of halogens is 1. The van der Waals surface area contributed by atoms with Gasteiger partial charge in [-0.25, -0.2) is 15.0 Å². The third-order valence-corrected chi connectivity index (χ3v) is 3.71. The van der Waals surface area contributed by atoms with E-state index < -0.39 is 0 Å². The number of hydrogen-bond acceptors (Lipinski definition) is 4. The molecule has 1 aliphatic heterocycles. The molecule has 0 aliphatic carbocycles. The van der Waals surface area contributed by atoms with E-state index in [0.29, 0.717) is 11.0 Å². The van der Waals surface area contributed by atoms with E-state index >= 15 is 0 Å². The predicted octanol–water partition coefficient (Wildman–Crippen LogP) is 2.28. The molecule has 0 amide bonds. The number of hydrogen-bond donors (Lipinski definition) is 0. The SMILES string of the molecule is Cc1nc(Cl)c2nc3n(c2n1)CCCS3. The first-order chi connectivity index (χ1) is 7.25. The highest BCUT2D eigenvalue weighted by Crippen LogP contribution is 2.30. The lowest BCUT2D eigenvalue weighted by Crippen LogP contribution is -2.07. The summed E-state index contributed by atoms with van der Waals surface area (Å²) in [5.41, 5.74) is 1.60. The summed E-state index contributed by atoms with van der Waals surface area (Å²) in [6.45, 7) is 2.83. The fourth-order valence-electron chi connectivity index (χ4n) is 1.75. The lowest BCUT2D eigenvalue weighted by Gasteiger charge is -2.12. The normalized spacial score (nSPS) is 15.6. The Labute approximate surface area is 96.1 Å². The van der Waals surface area contributed by atoms with E-state index in [1.165, 1.54) is 0 Å². The number of fused-ring (bicyclic) bond motifs is 3. The molecule has 0 bridgehead atoms. The zero-order valence-electron chi connectivity index (χ0n) is 8.20. The second kappa shape index (κ2) is 3.35. The van der Waals surface area contributed by atoms with E-state index in [-0.39, 0.29) is 0 Å². The van der Waals surface area contributed by atoms with Crippen molar-refractivity contribution in [1.82, 2.24) is 19.5 Å². The Morgan fingerprint density at radius 3 is 3.07 bits per heavy atom. The third-order valence-electron chi connectivity index (χ3n) is 2.39. The van der Waals surface area contributed by atoms with Crippen LogP contribution in [0.3, 0.4) is 0 Å². The van der Waals surface area contributed by atoms with Crippen molar-refractivity contribution < 1.29 is 0 Å². The van der Waals surface area contributed by atoms with Gasteiger partial charge in [-0.2, -0.15) is 0 Å². The number of aryl methyl sites for hydroxylation is 2. The van der Waals surface area contributed by atoms with Gasteiger partial charge in [-0.05, 0) is 13.3 Å². The van der Waals surface area contributed by atoms with Crippen molar-refractivity contribution >= 4 is 34.5 Å². The van der Waals surface area contributed by atoms with Crippen LogP contribution in [0, 0.1) is 6.92 Å². The summed E-state index contributed by atoms with van der Waals surface area (Å²) in [6.07, 6.45) is 1.16. The van der Waals surface area contributed by atoms with Crippen molar-refractivity contribution in [2.45, 2.75) is 25.0 Å². The van der Waals surface area contributed by atoms with Crippen LogP contribution in [0.4, 0.5) is 0 Å². The molecule has 78 valence electrons. The van der Waals surface area contributed by atoms with Gasteiger partial charge in [-0.15, -0.1) is 0 Å². The average molecular weight is 241 g/mol. The number of nitrogens with zero attached hydrogens (tertiary/aromatic N) is 4. The molecule has 2 aromatic heterocycles. The van der Waals surface area contributed by atoms with E-state index in [1.807, 2.05) is 6.92 Å². The maximum absolute atomic E-state index is 6.05. The molecule has 0 atom stereocenters. The molecule has 15 heavy (non-hydrogen) atoms. The van der Waals surface area contributed by atoms with Gasteiger partial charge in [-0.1, -0.05) is 23.4 Å². The second-order valence-corrected chi connectivity index (χ2v) is 4.90. The number of rotatable bonds is 0. The molecule has 3 heterocycles. The van der Waals surface area contributed by atoms with Crippen molar-refractivity contribution in [2.75, 3.05) is 5.75 Å². The lowest BCUT2D eigenvalue weighted by atomic mass is 10.4. The Balaban J connectivity index is 2.37. The highest BCUT2D eigenvalue weighted by molar-refractivity contribution is 7.99. The highest BCUT2D eigenvalue weighted by Gasteiger charge is 2.18. The predicted molar refractivity (Wildman–Crippen MR) is 60.4 cm³/mol. The van der Waals surface area contributed by atoms with E-state index in [0.717, 1.165) is 35.0 Å². The van der Waals surface area contributed by atoms with Crippen LogP contribution < -0.4 is 0 Å². The fraction of sp³-hybridized carbons (Fsp3) is 0.444. The number of thioether (sulfide) groups is 1. The highest BCUT2D eigenvalue weighted by atomic mass is 35.5. The zero-order chi connectivity index (χ0) is 10.4. The molecule has 3 rings (SSSR count). The molecule has 0 radical (unpaired) electrons. The average Bonchev–Trinajstić information content (AvgIpc) is 2.57. The van der Waals surface area contributed by atoms with Gasteiger partial charge in [-0.3, -0.25) is 0 Å². The first-order valence-electron chi connectivity index (χ1n) is 4.79. The van der Waals surface area contributed by atoms with Crippen molar-refractivity contribution in [3.05, 3.63) is 11.0 Å². The minimum atomic E-state index is 0.458. The van der Waals surface area contributed by atoms with Crippen LogP contribution in [0.5, 0.6) is 0 Å². The Hall–Kier alpha value is -0.810. The van der Waals surface area contributed by atoms with Crippen LogP contribution in [0.2, 0.25) is 5.15 Å². The molecule has 2 aromatic rings. The van der Waals surface area contributed by atoms with E-state index in [2.05, 4.69) is 19.5 Å². The summed E-state index contributed by atoms with van der Waals surface area (Å²) in [5, 5.41) is 1.47. The fourth-order valence-corrected chi connectivity index (χ4v) is 2.94. The maximum atomic E-state index is 6.05. The molecule has 6 heteroatoms. The Bertz CT molecular complexity index is 536. The summed E-state index contributed by atoms with van der Waals surface area (Å²) >= 11 is 7.80. The molecule has 4 nitrogen and oxygen atoms in total. The van der Waals surface area contributed by atoms with Crippen LogP contribution in [0.25, 0.3) is 11.2 Å². The van der Waals surface area contributed by atoms with Crippen LogP contribution >= 0.6 is 23.4 Å². The molecular formula is C9H9ClN4S. The summed E-state index contributed by atoms with van der Waals surface area (Å²) in [7, 11) is 0. The topological polar surface area (TPSA) is 43.6 Å². The Kier molecular flexibility index (Phi) is 2.10. The van der Waals surface area contributed by atoms with Gasteiger partial charge in [0.05, 0.1) is 0 Å². The van der Waals surface area contributed by atoms with Gasteiger partial charge >= 0.3 is 0 Å². The van der Waals surface area contributed by atoms with Gasteiger partial charge in [0.1, 0.15) is 11.3 Å². The Morgan fingerprint density at radius 1 is 1.33 bits per heavy atom. The van der Waals surface area contributed by atoms with Crippen LogP contribution in [0.1, 0.15) is 12.2 Å². The van der Waals surface area contributed by atoms with E-state index in [9.17, 15) is 0 Å². The molecule has 0 unspecified atom stereocenters. The van der Waals surface area contributed by atoms with E-state index in [4.69, 9.17) is 11.6 Å². The first kappa shape index (κ1) is 9.42. The van der Waals surface area contributed by atoms with Gasteiger partial charge in [0.25, 0.3) is 0 Å². The second-order valence-electron chi connectivity index (χ2n) is 3.48. The molecule has 0 saturated heterocycles. The van der Waals surface area contributed by atoms with Gasteiger partial charge in [0, 0.05) is 12.3 Å². The molecular weight excluding hydrogens is 232 g/mol. The zero-order valence-corrected chi connectivity index (χ0v) is 9.77. The maximum Gasteiger partial charge on any atom is 0.170 e. The van der Waals surface area contributed by atoms with Crippen molar-refractivity contribution in [2.24, 2.45) is 0 Å². The van der Waals surface area contributed by atoms with Crippen molar-refractivity contribution in [3.8, 4) is 0 Å². The first-order valence-corrected chi connectivity index (χ1v) is 6.15. The quantitative estimate of drug-likeness (QED) is 0.663. The largest absolute Gasteiger partial charge is 0.303 e. The molecule has 0 aromatic carbocycles. The standard InChI is InChI=1S/C9H9ClN4S/c1-5-11-7(10)6-8(12-5)14-3-2-4-15-9(14)13-6/h2-4H2,1H3. The minimum absolute atomic E-state index is 0.458. The summed E-state index contributed by atoms with van der Waals surface area (Å²) in [6, 6.07) is 0. The van der Waals surface area contributed by atoms with Crippen molar-refractivity contribution in [1.29, 1.82) is 0 Å². The molecule has 0 saturated carbocycles. The van der Waals surface area contributed by atoms with Crippen LogP contribution in [-0.4, -0.2) is 25.3 Å². The van der Waals surface area contributed by atoms with Crippen molar-refractivity contribution in [3.63, 3.8) is 0 Å². The van der Waals surface area contributed by atoms with Gasteiger partial charge in [0.15, 0.2) is 16.0 Å². The van der Waals surface area contributed by atoms with Gasteiger partial charge < -0.3 is 4.57 Å². The number of aromatic nitrogens is 4. The van der Waals surface area contributed by atoms with Gasteiger partial charge in [0.2, 0.25) is 0 Å². The Morgan fingerprint density at radius 2 is 2.20 bits per heavy atom. The molecule has 0 N–H and O–H groups in total. The van der Waals surface area contributed by atoms with Crippen LogP contribution in [0.15, 0.2) is 5.16 Å². The summed E-state index contributed by atoms with van der Waals surface area (Å²) in [4.78, 5) is 13.0. The molecule has 1 aliphatic rings. The van der Waals surface area contributed by atoms with Crippen LogP contribution in [-0.2, 0) is 6.54 Å².